The van der Waals surface area contributed by atoms with Crippen LogP contribution in [0, 0.1) is 5.92 Å². The van der Waals surface area contributed by atoms with Crippen molar-refractivity contribution in [1.82, 2.24) is 4.90 Å². The van der Waals surface area contributed by atoms with E-state index < -0.39 is 18.6 Å². The molecule has 0 spiro atoms. The lowest BCUT2D eigenvalue weighted by atomic mass is 9.84. The van der Waals surface area contributed by atoms with Crippen molar-refractivity contribution < 1.29 is 23.4 Å². The van der Waals surface area contributed by atoms with Crippen molar-refractivity contribution in [2.75, 3.05) is 0 Å². The molecule has 1 aromatic carbocycles. The van der Waals surface area contributed by atoms with Crippen LogP contribution in [0.1, 0.15) is 37.7 Å². The van der Waals surface area contributed by atoms with E-state index in [4.69, 9.17) is 11.6 Å². The molecule has 1 N–H and O–H groups in total. The maximum absolute atomic E-state index is 12.3. The van der Waals surface area contributed by atoms with E-state index in [0.29, 0.717) is 18.9 Å². The van der Waals surface area contributed by atoms with Gasteiger partial charge in [-0.05, 0) is 42.9 Å². The fourth-order valence-electron chi connectivity index (χ4n) is 4.07. The zero-order valence-corrected chi connectivity index (χ0v) is 13.9. The van der Waals surface area contributed by atoms with Gasteiger partial charge in [-0.15, -0.1) is 0 Å². The van der Waals surface area contributed by atoms with Crippen LogP contribution in [0.3, 0.4) is 0 Å². The van der Waals surface area contributed by atoms with Gasteiger partial charge in [0.05, 0.1) is 5.02 Å². The lowest BCUT2D eigenvalue weighted by molar-refractivity contribution is -0.142. The Morgan fingerprint density at radius 1 is 1.38 bits per heavy atom. The number of halogens is 3. The third-order valence-corrected chi connectivity index (χ3v) is 5.38. The molecule has 1 aliphatic heterocycles. The molecule has 0 radical (unpaired) electrons. The first kappa shape index (κ1) is 17.4. The number of hydrogen-bond acceptors (Lipinski definition) is 3. The zero-order valence-electron chi connectivity index (χ0n) is 13.1. The number of nitrogens with zero attached hydrogens (tertiary/aromatic N) is 1. The first-order valence-electron chi connectivity index (χ1n) is 8.17. The summed E-state index contributed by atoms with van der Waals surface area (Å²) in [6.45, 7) is -2.47. The fourth-order valence-corrected chi connectivity index (χ4v) is 4.32. The topological polar surface area (TPSA) is 49.8 Å². The van der Waals surface area contributed by atoms with Gasteiger partial charge in [0.25, 0.3) is 0 Å². The summed E-state index contributed by atoms with van der Waals surface area (Å²) >= 11 is 6.00. The quantitative estimate of drug-likeness (QED) is 0.857. The summed E-state index contributed by atoms with van der Waals surface area (Å²) in [4.78, 5) is 13.7. The van der Waals surface area contributed by atoms with Crippen molar-refractivity contribution in [2.45, 2.75) is 57.3 Å². The third-order valence-electron chi connectivity index (χ3n) is 5.08. The second-order valence-corrected chi connectivity index (χ2v) is 6.92. The van der Waals surface area contributed by atoms with Crippen LogP contribution in [-0.4, -0.2) is 34.7 Å². The Balaban J connectivity index is 1.77. The second kappa shape index (κ2) is 7.23. The van der Waals surface area contributed by atoms with E-state index in [0.717, 1.165) is 31.2 Å². The van der Waals surface area contributed by atoms with Gasteiger partial charge in [0, 0.05) is 12.6 Å². The summed E-state index contributed by atoms with van der Waals surface area (Å²) in [5.41, 5.74) is 0.805. The Labute approximate surface area is 144 Å². The molecule has 1 heterocycles. The predicted octanol–water partition coefficient (Wildman–Crippen LogP) is 4.16. The Morgan fingerprint density at radius 2 is 2.12 bits per heavy atom. The number of ether oxygens (including phenoxy) is 1. The summed E-state index contributed by atoms with van der Waals surface area (Å²) in [5.74, 6) is -0.438. The van der Waals surface area contributed by atoms with Crippen molar-refractivity contribution >= 4 is 17.6 Å². The number of rotatable bonds is 5. The Hall–Kier alpha value is -1.40. The van der Waals surface area contributed by atoms with E-state index in [1.165, 1.54) is 6.07 Å². The molecule has 3 atom stereocenters. The van der Waals surface area contributed by atoms with Crippen LogP contribution in [0.5, 0.6) is 5.75 Å². The highest BCUT2D eigenvalue weighted by atomic mass is 35.5. The minimum absolute atomic E-state index is 0.0674. The van der Waals surface area contributed by atoms with Crippen LogP contribution >= 0.6 is 11.6 Å². The molecule has 7 heteroatoms. The zero-order chi connectivity index (χ0) is 17.3. The number of aliphatic carboxylic acids is 1. The number of benzene rings is 1. The highest BCUT2D eigenvalue weighted by Gasteiger charge is 2.44. The first-order chi connectivity index (χ1) is 11.5. The highest BCUT2D eigenvalue weighted by Crippen LogP contribution is 2.41. The maximum Gasteiger partial charge on any atom is 0.387 e. The van der Waals surface area contributed by atoms with Crippen LogP contribution in [0.25, 0.3) is 0 Å². The van der Waals surface area contributed by atoms with E-state index >= 15 is 0 Å². The van der Waals surface area contributed by atoms with Crippen molar-refractivity contribution in [3.8, 4) is 5.75 Å². The lowest BCUT2D eigenvalue weighted by Gasteiger charge is -2.33. The number of carboxylic acid groups (broad SMARTS) is 1. The lowest BCUT2D eigenvalue weighted by Crippen LogP contribution is -2.41. The van der Waals surface area contributed by atoms with Crippen molar-refractivity contribution in [3.05, 3.63) is 28.8 Å². The van der Waals surface area contributed by atoms with E-state index in [-0.39, 0.29) is 16.8 Å². The van der Waals surface area contributed by atoms with Crippen molar-refractivity contribution in [3.63, 3.8) is 0 Å². The first-order valence-corrected chi connectivity index (χ1v) is 8.55. The molecule has 1 saturated carbocycles. The number of hydrogen-bond donors (Lipinski definition) is 1. The molecule has 1 saturated heterocycles. The largest absolute Gasteiger partial charge is 0.480 e. The smallest absolute Gasteiger partial charge is 0.387 e. The molecular formula is C17H20ClF2NO3. The molecule has 1 aromatic rings. The summed E-state index contributed by atoms with van der Waals surface area (Å²) in [6, 6.07) is 4.44. The van der Waals surface area contributed by atoms with Gasteiger partial charge in [0.15, 0.2) is 0 Å². The fraction of sp³-hybridized carbons (Fsp3) is 0.588. The molecule has 0 bridgehead atoms. The van der Waals surface area contributed by atoms with E-state index in [9.17, 15) is 18.7 Å². The maximum atomic E-state index is 12.3. The Morgan fingerprint density at radius 3 is 2.79 bits per heavy atom. The average Bonchev–Trinajstić information content (AvgIpc) is 2.89. The number of likely N-dealkylation sites (tertiary alicyclic amines) is 1. The minimum atomic E-state index is -2.92. The van der Waals surface area contributed by atoms with Crippen LogP contribution in [0.15, 0.2) is 18.2 Å². The molecular weight excluding hydrogens is 340 g/mol. The Kier molecular flexibility index (Phi) is 5.25. The van der Waals surface area contributed by atoms with Gasteiger partial charge in [0.2, 0.25) is 0 Å². The van der Waals surface area contributed by atoms with Gasteiger partial charge in [-0.3, -0.25) is 9.69 Å². The summed E-state index contributed by atoms with van der Waals surface area (Å²) in [5, 5.41) is 9.65. The molecule has 3 rings (SSSR count). The van der Waals surface area contributed by atoms with Crippen LogP contribution < -0.4 is 4.74 Å². The summed E-state index contributed by atoms with van der Waals surface area (Å²) in [6.07, 6.45) is 5.04. The van der Waals surface area contributed by atoms with Gasteiger partial charge in [-0.2, -0.15) is 8.78 Å². The van der Waals surface area contributed by atoms with Crippen LogP contribution in [0.2, 0.25) is 5.02 Å². The molecule has 2 fully saturated rings. The molecule has 0 aromatic heterocycles. The second-order valence-electron chi connectivity index (χ2n) is 6.52. The van der Waals surface area contributed by atoms with Gasteiger partial charge in [0.1, 0.15) is 11.8 Å². The van der Waals surface area contributed by atoms with Gasteiger partial charge < -0.3 is 9.84 Å². The molecule has 24 heavy (non-hydrogen) atoms. The number of carbonyl (C=O) groups is 1. The van der Waals surface area contributed by atoms with Gasteiger partial charge in [-0.1, -0.05) is 30.5 Å². The van der Waals surface area contributed by atoms with E-state index in [2.05, 4.69) is 4.74 Å². The van der Waals surface area contributed by atoms with Crippen molar-refractivity contribution in [1.29, 1.82) is 0 Å². The van der Waals surface area contributed by atoms with Gasteiger partial charge in [-0.25, -0.2) is 0 Å². The molecule has 2 aliphatic rings. The number of fused-ring (bicyclic) bond motifs is 1. The molecule has 1 aliphatic carbocycles. The third kappa shape index (κ3) is 3.64. The summed E-state index contributed by atoms with van der Waals surface area (Å²) in [7, 11) is 0. The summed E-state index contributed by atoms with van der Waals surface area (Å²) < 4.78 is 28.9. The monoisotopic (exact) mass is 359 g/mol. The molecule has 3 unspecified atom stereocenters. The Bertz CT molecular complexity index is 613. The number of alkyl halides is 2. The van der Waals surface area contributed by atoms with E-state index in [1.807, 2.05) is 4.90 Å². The molecule has 4 nitrogen and oxygen atoms in total. The molecule has 132 valence electrons. The van der Waals surface area contributed by atoms with E-state index in [1.54, 1.807) is 12.1 Å². The average molecular weight is 360 g/mol. The SMILES string of the molecule is O=C(O)C1CC2CCCCC2N1Cc1ccc(OC(F)F)c(Cl)c1. The van der Waals surface area contributed by atoms with Gasteiger partial charge >= 0.3 is 12.6 Å². The normalized spacial score (nSPS) is 27.2. The predicted molar refractivity (Wildman–Crippen MR) is 85.4 cm³/mol. The van der Waals surface area contributed by atoms with Crippen molar-refractivity contribution in [2.24, 2.45) is 5.92 Å². The van der Waals surface area contributed by atoms with Crippen LogP contribution in [-0.2, 0) is 11.3 Å². The number of carboxylic acids is 1. The highest BCUT2D eigenvalue weighted by molar-refractivity contribution is 6.32. The standard InChI is InChI=1S/C17H20ClF2NO3/c18-12-7-10(5-6-15(12)24-17(19)20)9-21-13-4-2-1-3-11(13)8-14(21)16(22)23/h5-7,11,13-14,17H,1-4,8-9H2,(H,22,23). The minimum Gasteiger partial charge on any atom is -0.480 e. The molecule has 0 amide bonds. The van der Waals surface area contributed by atoms with Crippen LogP contribution in [0.4, 0.5) is 8.78 Å².